The second-order valence-electron chi connectivity index (χ2n) is 4.01. The summed E-state index contributed by atoms with van der Waals surface area (Å²) >= 11 is 0. The van der Waals surface area contributed by atoms with E-state index in [9.17, 15) is 20.4 Å². The number of fused-ring (bicyclic) bond motifs is 1. The van der Waals surface area contributed by atoms with Crippen LogP contribution in [0.3, 0.4) is 0 Å². The number of aliphatic hydroxyl groups is 4. The minimum atomic E-state index is -1.71. The highest BCUT2D eigenvalue weighted by atomic mass is 16.6. The summed E-state index contributed by atoms with van der Waals surface area (Å²) in [5, 5.41) is 38.5. The van der Waals surface area contributed by atoms with Crippen molar-refractivity contribution in [3.63, 3.8) is 0 Å². The van der Waals surface area contributed by atoms with Crippen LogP contribution < -0.4 is 0 Å². The average Bonchev–Trinajstić information content (AvgIpc) is 2.52. The van der Waals surface area contributed by atoms with Crippen LogP contribution in [0.15, 0.2) is 0 Å². The lowest BCUT2D eigenvalue weighted by Crippen LogP contribution is -2.56. The van der Waals surface area contributed by atoms with Gasteiger partial charge in [0.05, 0.1) is 6.10 Å². The molecule has 6 atom stereocenters. The fourth-order valence-corrected chi connectivity index (χ4v) is 2.32. The number of aliphatic hydroxyl groups excluding tert-OH is 2. The molecule has 0 aromatic carbocycles. The van der Waals surface area contributed by atoms with Crippen LogP contribution >= 0.6 is 0 Å². The molecule has 1 saturated heterocycles. The second kappa shape index (κ2) is 2.24. The van der Waals surface area contributed by atoms with Crippen molar-refractivity contribution in [2.75, 3.05) is 0 Å². The third kappa shape index (κ3) is 0.753. The Morgan fingerprint density at radius 2 is 1.62 bits per heavy atom. The van der Waals surface area contributed by atoms with Gasteiger partial charge in [0, 0.05) is 5.92 Å². The van der Waals surface area contributed by atoms with E-state index in [4.69, 9.17) is 4.74 Å². The molecule has 2 rings (SSSR count). The van der Waals surface area contributed by atoms with Gasteiger partial charge in [0.15, 0.2) is 11.9 Å². The van der Waals surface area contributed by atoms with Crippen molar-refractivity contribution in [1.82, 2.24) is 0 Å². The topological polar surface area (TPSA) is 90.2 Å². The van der Waals surface area contributed by atoms with Gasteiger partial charge in [-0.1, -0.05) is 6.92 Å². The molecule has 0 bridgehead atoms. The Morgan fingerprint density at radius 1 is 1.08 bits per heavy atom. The lowest BCUT2D eigenvalue weighted by atomic mass is 10.00. The van der Waals surface area contributed by atoms with Gasteiger partial charge in [-0.25, -0.2) is 0 Å². The van der Waals surface area contributed by atoms with Crippen LogP contribution in [0, 0.1) is 5.92 Å². The summed E-state index contributed by atoms with van der Waals surface area (Å²) in [5.41, 5.74) is -3.33. The Bertz CT molecular complexity index is 239. The molecule has 0 aromatic rings. The van der Waals surface area contributed by atoms with Crippen molar-refractivity contribution < 1.29 is 25.2 Å². The van der Waals surface area contributed by atoms with E-state index in [2.05, 4.69) is 0 Å². The summed E-state index contributed by atoms with van der Waals surface area (Å²) in [5.74, 6) is -0.574. The van der Waals surface area contributed by atoms with Gasteiger partial charge in [0.2, 0.25) is 0 Å². The van der Waals surface area contributed by atoms with Crippen LogP contribution in [0.1, 0.15) is 13.8 Å². The lowest BCUT2D eigenvalue weighted by molar-refractivity contribution is -0.278. The molecule has 13 heavy (non-hydrogen) atoms. The maximum absolute atomic E-state index is 9.85. The van der Waals surface area contributed by atoms with Gasteiger partial charge >= 0.3 is 0 Å². The third-order valence-electron chi connectivity index (χ3n) is 3.49. The first-order valence-electron chi connectivity index (χ1n) is 4.33. The van der Waals surface area contributed by atoms with Gasteiger partial charge in [0.25, 0.3) is 0 Å². The fourth-order valence-electron chi connectivity index (χ4n) is 2.32. The number of rotatable bonds is 0. The summed E-state index contributed by atoms with van der Waals surface area (Å²) in [7, 11) is 0. The fraction of sp³-hybridized carbons (Fsp3) is 1.00. The first kappa shape index (κ1) is 9.36. The van der Waals surface area contributed by atoms with Crippen molar-refractivity contribution in [3.05, 3.63) is 0 Å². The van der Waals surface area contributed by atoms with Crippen LogP contribution in [0.2, 0.25) is 0 Å². The minimum Gasteiger partial charge on any atom is -0.387 e. The zero-order chi connectivity index (χ0) is 10.0. The SMILES string of the molecule is CC1[C@@]2(O)[C@@H](O)[C@H](C)O[C@@H](O)[C@@]12O. The Balaban J connectivity index is 2.34. The molecule has 1 unspecified atom stereocenters. The van der Waals surface area contributed by atoms with Gasteiger partial charge in [-0.2, -0.15) is 0 Å². The van der Waals surface area contributed by atoms with Crippen molar-refractivity contribution in [3.8, 4) is 0 Å². The Kier molecular flexibility index (Phi) is 1.61. The lowest BCUT2D eigenvalue weighted by Gasteiger charge is -2.35. The van der Waals surface area contributed by atoms with Gasteiger partial charge in [-0.15, -0.1) is 0 Å². The quantitative estimate of drug-likeness (QED) is 0.362. The highest BCUT2D eigenvalue weighted by Gasteiger charge is 2.83. The van der Waals surface area contributed by atoms with Crippen LogP contribution in [0.25, 0.3) is 0 Å². The molecule has 5 nitrogen and oxygen atoms in total. The number of hydrogen-bond acceptors (Lipinski definition) is 5. The van der Waals surface area contributed by atoms with Gasteiger partial charge in [-0.3, -0.25) is 0 Å². The standard InChI is InChI=1S/C8H14O5/c1-3-5(9)7(11)4(2)8(7,12)6(10)13-3/h3-6,9-12H,1-2H3/t3-,4?,5-,6+,7+,8-/m0/s1. The van der Waals surface area contributed by atoms with Gasteiger partial charge in [0.1, 0.15) is 11.7 Å². The molecule has 5 heteroatoms. The molecule has 4 N–H and O–H groups in total. The van der Waals surface area contributed by atoms with Crippen molar-refractivity contribution in [2.45, 2.75) is 43.5 Å². The molecule has 1 aliphatic heterocycles. The molecule has 2 aliphatic rings. The maximum Gasteiger partial charge on any atom is 0.187 e. The molecule has 0 radical (unpaired) electrons. The molecular weight excluding hydrogens is 176 g/mol. The molecule has 0 amide bonds. The van der Waals surface area contributed by atoms with Crippen LogP contribution in [-0.4, -0.2) is 50.1 Å². The van der Waals surface area contributed by atoms with Crippen molar-refractivity contribution in [2.24, 2.45) is 5.92 Å². The third-order valence-corrected chi connectivity index (χ3v) is 3.49. The molecule has 1 saturated carbocycles. The smallest absolute Gasteiger partial charge is 0.187 e. The predicted molar refractivity (Wildman–Crippen MR) is 41.6 cm³/mol. The maximum atomic E-state index is 9.85. The average molecular weight is 190 g/mol. The zero-order valence-electron chi connectivity index (χ0n) is 7.51. The zero-order valence-corrected chi connectivity index (χ0v) is 7.51. The largest absolute Gasteiger partial charge is 0.387 e. The van der Waals surface area contributed by atoms with Crippen molar-refractivity contribution >= 4 is 0 Å². The summed E-state index contributed by atoms with van der Waals surface area (Å²) in [6.07, 6.45) is -3.26. The van der Waals surface area contributed by atoms with E-state index in [0.717, 1.165) is 0 Å². The van der Waals surface area contributed by atoms with Crippen LogP contribution in [-0.2, 0) is 4.74 Å². The van der Waals surface area contributed by atoms with Gasteiger partial charge < -0.3 is 25.2 Å². The minimum absolute atomic E-state index is 0.574. The highest BCUT2D eigenvalue weighted by Crippen LogP contribution is 2.61. The highest BCUT2D eigenvalue weighted by molar-refractivity contribution is 5.30. The van der Waals surface area contributed by atoms with E-state index in [1.54, 1.807) is 6.92 Å². The normalized spacial score (nSPS) is 66.0. The van der Waals surface area contributed by atoms with Gasteiger partial charge in [-0.05, 0) is 6.92 Å². The summed E-state index contributed by atoms with van der Waals surface area (Å²) in [6.45, 7) is 3.10. The monoisotopic (exact) mass is 190 g/mol. The first-order valence-corrected chi connectivity index (χ1v) is 4.33. The predicted octanol–water partition coefficient (Wildman–Crippen LogP) is -1.80. The number of hydrogen-bond donors (Lipinski definition) is 4. The second-order valence-corrected chi connectivity index (χ2v) is 4.01. The van der Waals surface area contributed by atoms with E-state index >= 15 is 0 Å². The molecule has 2 fully saturated rings. The first-order chi connectivity index (χ1) is 5.86. The van der Waals surface area contributed by atoms with E-state index < -0.39 is 35.6 Å². The molecule has 1 heterocycles. The van der Waals surface area contributed by atoms with Crippen LogP contribution in [0.5, 0.6) is 0 Å². The molecule has 1 aliphatic carbocycles. The Morgan fingerprint density at radius 3 is 2.15 bits per heavy atom. The Labute approximate surface area is 75.6 Å². The number of ether oxygens (including phenoxy) is 1. The van der Waals surface area contributed by atoms with Crippen LogP contribution in [0.4, 0.5) is 0 Å². The van der Waals surface area contributed by atoms with E-state index in [1.807, 2.05) is 0 Å². The van der Waals surface area contributed by atoms with E-state index in [-0.39, 0.29) is 0 Å². The molecule has 0 spiro atoms. The molecular formula is C8H14O5. The van der Waals surface area contributed by atoms with E-state index in [1.165, 1.54) is 6.92 Å². The van der Waals surface area contributed by atoms with E-state index in [0.29, 0.717) is 0 Å². The summed E-state index contributed by atoms with van der Waals surface area (Å²) < 4.78 is 4.89. The molecule has 76 valence electrons. The summed E-state index contributed by atoms with van der Waals surface area (Å²) in [4.78, 5) is 0. The Hall–Kier alpha value is -0.200. The summed E-state index contributed by atoms with van der Waals surface area (Å²) in [6, 6.07) is 0. The molecule has 0 aromatic heterocycles. The van der Waals surface area contributed by atoms with Crippen molar-refractivity contribution in [1.29, 1.82) is 0 Å².